The van der Waals surface area contributed by atoms with Crippen LogP contribution in [0.4, 0.5) is 0 Å². The summed E-state index contributed by atoms with van der Waals surface area (Å²) in [6, 6.07) is 24.6. The monoisotopic (exact) mass is 598 g/mol. The molecule has 4 aromatic rings. The zero-order valence-electron chi connectivity index (χ0n) is 23.7. The molecule has 42 heavy (non-hydrogen) atoms. The molecule has 214 valence electrons. The molecule has 5 rings (SSSR count). The van der Waals surface area contributed by atoms with E-state index in [4.69, 9.17) is 21.3 Å². The Morgan fingerprint density at radius 3 is 2.40 bits per heavy atom. The Balaban J connectivity index is 1.41. The van der Waals surface area contributed by atoms with Crippen molar-refractivity contribution in [3.8, 4) is 0 Å². The highest BCUT2D eigenvalue weighted by Crippen LogP contribution is 2.38. The minimum atomic E-state index is -0.347. The van der Waals surface area contributed by atoms with Crippen LogP contribution in [0.1, 0.15) is 63.1 Å². The third-order valence-electron chi connectivity index (χ3n) is 7.16. The van der Waals surface area contributed by atoms with Gasteiger partial charge in [-0.2, -0.15) is 11.8 Å². The molecule has 1 aliphatic rings. The quantitative estimate of drug-likeness (QED) is 0.137. The summed E-state index contributed by atoms with van der Waals surface area (Å²) in [6.45, 7) is 4.24. The SMILES string of the molecule is COC(=O)CC(C)(C)CSC(CN1C(=O)c2ccccc2C1=O)c1cccc(/C=C/c2ccc3ccc(Cl)cc3n2)c1. The second kappa shape index (κ2) is 12.5. The normalized spacial score (nSPS) is 14.0. The highest BCUT2D eigenvalue weighted by Gasteiger charge is 2.37. The average molecular weight is 599 g/mol. The maximum atomic E-state index is 13.2. The van der Waals surface area contributed by atoms with Crippen molar-refractivity contribution in [3.63, 3.8) is 0 Å². The molecule has 1 unspecified atom stereocenters. The van der Waals surface area contributed by atoms with Crippen LogP contribution in [0.2, 0.25) is 5.02 Å². The largest absolute Gasteiger partial charge is 0.469 e. The van der Waals surface area contributed by atoms with E-state index >= 15 is 0 Å². The number of rotatable bonds is 10. The number of carbonyl (C=O) groups is 3. The van der Waals surface area contributed by atoms with Crippen LogP contribution in [0.15, 0.2) is 78.9 Å². The predicted molar refractivity (Wildman–Crippen MR) is 170 cm³/mol. The van der Waals surface area contributed by atoms with Crippen LogP contribution < -0.4 is 0 Å². The second-order valence-electron chi connectivity index (χ2n) is 11.1. The van der Waals surface area contributed by atoms with Gasteiger partial charge in [0.1, 0.15) is 0 Å². The molecule has 0 saturated carbocycles. The zero-order chi connectivity index (χ0) is 29.9. The molecule has 0 aliphatic carbocycles. The Morgan fingerprint density at radius 1 is 0.976 bits per heavy atom. The first-order valence-corrected chi connectivity index (χ1v) is 15.0. The average Bonchev–Trinajstić information content (AvgIpc) is 3.22. The lowest BCUT2D eigenvalue weighted by Crippen LogP contribution is -2.33. The highest BCUT2D eigenvalue weighted by atomic mass is 35.5. The van der Waals surface area contributed by atoms with Gasteiger partial charge in [-0.25, -0.2) is 4.98 Å². The summed E-state index contributed by atoms with van der Waals surface area (Å²) in [5.74, 6) is -0.212. The summed E-state index contributed by atoms with van der Waals surface area (Å²) in [7, 11) is 1.39. The van der Waals surface area contributed by atoms with Gasteiger partial charge in [0, 0.05) is 22.2 Å². The van der Waals surface area contributed by atoms with Crippen molar-refractivity contribution in [2.24, 2.45) is 5.41 Å². The number of fused-ring (bicyclic) bond motifs is 2. The number of amides is 2. The predicted octanol–water partition coefficient (Wildman–Crippen LogP) is 7.72. The number of halogens is 1. The first-order valence-electron chi connectivity index (χ1n) is 13.6. The van der Waals surface area contributed by atoms with Gasteiger partial charge < -0.3 is 4.74 Å². The number of nitrogens with zero attached hydrogens (tertiary/aromatic N) is 2. The fourth-order valence-electron chi connectivity index (χ4n) is 4.91. The maximum Gasteiger partial charge on any atom is 0.306 e. The third-order valence-corrected chi connectivity index (χ3v) is 9.16. The van der Waals surface area contributed by atoms with E-state index in [0.717, 1.165) is 27.7 Å². The number of pyridine rings is 1. The van der Waals surface area contributed by atoms with Gasteiger partial charge in [-0.3, -0.25) is 19.3 Å². The Labute approximate surface area is 254 Å². The van der Waals surface area contributed by atoms with Crippen LogP contribution in [-0.4, -0.2) is 47.1 Å². The molecule has 0 fully saturated rings. The summed E-state index contributed by atoms with van der Waals surface area (Å²) in [5, 5.41) is 1.44. The van der Waals surface area contributed by atoms with E-state index in [0.29, 0.717) is 21.9 Å². The molecule has 1 atom stereocenters. The molecule has 1 aliphatic heterocycles. The molecule has 0 spiro atoms. The van der Waals surface area contributed by atoms with Crippen LogP contribution in [0.3, 0.4) is 0 Å². The lowest BCUT2D eigenvalue weighted by atomic mass is 9.92. The van der Waals surface area contributed by atoms with Crippen molar-refractivity contribution >= 4 is 64.2 Å². The molecule has 0 radical (unpaired) electrons. The van der Waals surface area contributed by atoms with Gasteiger partial charge in [0.15, 0.2) is 0 Å². The van der Waals surface area contributed by atoms with Gasteiger partial charge in [-0.1, -0.05) is 80.1 Å². The molecule has 2 heterocycles. The second-order valence-corrected chi connectivity index (χ2v) is 12.7. The van der Waals surface area contributed by atoms with Crippen LogP contribution in [0.5, 0.6) is 0 Å². The van der Waals surface area contributed by atoms with Gasteiger partial charge in [-0.05, 0) is 58.7 Å². The summed E-state index contributed by atoms with van der Waals surface area (Å²) in [5.41, 5.74) is 4.08. The van der Waals surface area contributed by atoms with Crippen molar-refractivity contribution in [2.75, 3.05) is 19.4 Å². The molecule has 0 N–H and O–H groups in total. The summed E-state index contributed by atoms with van der Waals surface area (Å²) in [4.78, 5) is 44.5. The number of imide groups is 1. The standard InChI is InChI=1S/C34H31ClN2O4S/c1-34(2,19-31(38)41-3)21-42-30(20-37-32(39)27-9-4-5-10-28(27)33(37)40)24-8-6-7-22(17-24)11-15-26-16-13-23-12-14-25(35)18-29(23)36-26/h4-18,30H,19-21H2,1-3H3/b15-11+. The Kier molecular flexibility index (Phi) is 8.80. The van der Waals surface area contributed by atoms with Crippen molar-refractivity contribution in [2.45, 2.75) is 25.5 Å². The number of hydrogen-bond acceptors (Lipinski definition) is 6. The van der Waals surface area contributed by atoms with Crippen molar-refractivity contribution in [1.82, 2.24) is 9.88 Å². The summed E-state index contributed by atoms with van der Waals surface area (Å²) in [6.07, 6.45) is 4.21. The van der Waals surface area contributed by atoms with Gasteiger partial charge in [-0.15, -0.1) is 0 Å². The van der Waals surface area contributed by atoms with E-state index in [-0.39, 0.29) is 41.4 Å². The lowest BCUT2D eigenvalue weighted by molar-refractivity contribution is -0.142. The molecule has 3 aromatic carbocycles. The summed E-state index contributed by atoms with van der Waals surface area (Å²) < 4.78 is 4.89. The first kappa shape index (κ1) is 29.5. The fourth-order valence-corrected chi connectivity index (χ4v) is 6.42. The van der Waals surface area contributed by atoms with Gasteiger partial charge in [0.05, 0.1) is 35.9 Å². The number of ether oxygens (including phenoxy) is 1. The number of aromatic nitrogens is 1. The zero-order valence-corrected chi connectivity index (χ0v) is 25.2. The molecular formula is C34H31ClN2O4S. The lowest BCUT2D eigenvalue weighted by Gasteiger charge is -2.28. The molecule has 1 aromatic heterocycles. The summed E-state index contributed by atoms with van der Waals surface area (Å²) >= 11 is 7.78. The molecule has 2 amide bonds. The Morgan fingerprint density at radius 2 is 1.69 bits per heavy atom. The Hall–Kier alpha value is -3.94. The molecule has 0 bridgehead atoms. The number of carbonyl (C=O) groups excluding carboxylic acids is 3. The van der Waals surface area contributed by atoms with E-state index in [1.165, 1.54) is 12.0 Å². The molecule has 0 saturated heterocycles. The topological polar surface area (TPSA) is 76.6 Å². The molecule has 6 nitrogen and oxygen atoms in total. The minimum absolute atomic E-state index is 0.210. The van der Waals surface area contributed by atoms with E-state index in [1.54, 1.807) is 36.0 Å². The maximum absolute atomic E-state index is 13.2. The van der Waals surface area contributed by atoms with Crippen LogP contribution in [-0.2, 0) is 9.53 Å². The molecular weight excluding hydrogens is 568 g/mol. The van der Waals surface area contributed by atoms with Crippen LogP contribution in [0.25, 0.3) is 23.1 Å². The first-order chi connectivity index (χ1) is 20.1. The van der Waals surface area contributed by atoms with Gasteiger partial charge in [0.25, 0.3) is 11.8 Å². The van der Waals surface area contributed by atoms with Crippen molar-refractivity contribution < 1.29 is 19.1 Å². The highest BCUT2D eigenvalue weighted by molar-refractivity contribution is 7.99. The number of hydrogen-bond donors (Lipinski definition) is 0. The van der Waals surface area contributed by atoms with Gasteiger partial charge >= 0.3 is 5.97 Å². The Bertz CT molecular complexity index is 1670. The third kappa shape index (κ3) is 6.75. The number of benzene rings is 3. The smallest absolute Gasteiger partial charge is 0.306 e. The number of esters is 1. The minimum Gasteiger partial charge on any atom is -0.469 e. The van der Waals surface area contributed by atoms with Crippen LogP contribution in [0, 0.1) is 5.41 Å². The van der Waals surface area contributed by atoms with Crippen molar-refractivity contribution in [3.05, 3.63) is 112 Å². The fraction of sp³-hybridized carbons (Fsp3) is 0.235. The van der Waals surface area contributed by atoms with Gasteiger partial charge in [0.2, 0.25) is 0 Å². The van der Waals surface area contributed by atoms with E-state index in [1.807, 2.05) is 74.5 Å². The van der Waals surface area contributed by atoms with E-state index in [9.17, 15) is 14.4 Å². The van der Waals surface area contributed by atoms with E-state index in [2.05, 4.69) is 6.07 Å². The number of methoxy groups -OCH3 is 1. The molecule has 8 heteroatoms. The number of thioether (sulfide) groups is 1. The van der Waals surface area contributed by atoms with Crippen molar-refractivity contribution in [1.29, 1.82) is 0 Å². The van der Waals surface area contributed by atoms with E-state index < -0.39 is 0 Å². The van der Waals surface area contributed by atoms with Crippen LogP contribution >= 0.6 is 23.4 Å².